The zero-order valence-electron chi connectivity index (χ0n) is 8.66. The van der Waals surface area contributed by atoms with Gasteiger partial charge in [0.25, 0.3) is 5.91 Å². The first-order chi connectivity index (χ1) is 7.15. The van der Waals surface area contributed by atoms with Crippen molar-refractivity contribution >= 4 is 17.7 Å². The Labute approximate surface area is 95.1 Å². The Bertz CT molecular complexity index is 316. The van der Waals surface area contributed by atoms with E-state index >= 15 is 0 Å². The summed E-state index contributed by atoms with van der Waals surface area (Å²) in [6.07, 6.45) is 5.11. The zero-order valence-corrected chi connectivity index (χ0v) is 9.48. The van der Waals surface area contributed by atoms with Gasteiger partial charge in [0.2, 0.25) is 0 Å². The molecule has 0 saturated heterocycles. The minimum absolute atomic E-state index is 0.197. The molecule has 1 N–H and O–H groups in total. The molecule has 3 heteroatoms. The predicted octanol–water partition coefficient (Wildman–Crippen LogP) is 2.79. The molecule has 0 aromatic carbocycles. The second kappa shape index (κ2) is 7.88. The summed E-state index contributed by atoms with van der Waals surface area (Å²) in [5.41, 5.74) is 0.898. The Kier molecular flexibility index (Phi) is 7.10. The molecule has 0 fully saturated rings. The highest BCUT2D eigenvalue weighted by molar-refractivity contribution is 8.06. The summed E-state index contributed by atoms with van der Waals surface area (Å²) >= 11 is 1.20. The van der Waals surface area contributed by atoms with E-state index in [0.717, 1.165) is 5.57 Å². The van der Waals surface area contributed by atoms with Gasteiger partial charge in [-0.3, -0.25) is 4.79 Å². The van der Waals surface area contributed by atoms with Gasteiger partial charge in [0, 0.05) is 6.54 Å². The lowest BCUT2D eigenvalue weighted by Gasteiger charge is -2.05. The predicted molar refractivity (Wildman–Crippen MR) is 68.4 cm³/mol. The highest BCUT2D eigenvalue weighted by Crippen LogP contribution is 2.13. The summed E-state index contributed by atoms with van der Waals surface area (Å²) in [6.45, 7) is 14.7. The Morgan fingerprint density at radius 2 is 2.00 bits per heavy atom. The summed E-state index contributed by atoms with van der Waals surface area (Å²) in [5, 5.41) is 4.27. The van der Waals surface area contributed by atoms with Crippen LogP contribution in [0.5, 0.6) is 0 Å². The number of carbonyl (C=O) groups excluding carboxylic acids is 1. The third-order valence-electron chi connectivity index (χ3n) is 1.53. The van der Waals surface area contributed by atoms with Crippen LogP contribution in [0.3, 0.4) is 0 Å². The van der Waals surface area contributed by atoms with Crippen molar-refractivity contribution < 1.29 is 4.79 Å². The Balaban J connectivity index is 4.14. The van der Waals surface area contributed by atoms with Crippen LogP contribution in [0.1, 0.15) is 0 Å². The number of thioether (sulfide) groups is 1. The van der Waals surface area contributed by atoms with Crippen molar-refractivity contribution in [1.82, 2.24) is 5.32 Å². The van der Waals surface area contributed by atoms with Crippen molar-refractivity contribution in [3.8, 4) is 0 Å². The second-order valence-corrected chi connectivity index (χ2v) is 3.63. The van der Waals surface area contributed by atoms with Gasteiger partial charge in [-0.25, -0.2) is 0 Å². The van der Waals surface area contributed by atoms with Crippen molar-refractivity contribution in [3.63, 3.8) is 0 Å². The summed E-state index contributed by atoms with van der Waals surface area (Å²) in [6, 6.07) is 0. The van der Waals surface area contributed by atoms with Crippen LogP contribution in [0.2, 0.25) is 0 Å². The molecule has 2 nitrogen and oxygen atoms in total. The summed E-state index contributed by atoms with van der Waals surface area (Å²) < 4.78 is 0. The van der Waals surface area contributed by atoms with E-state index in [4.69, 9.17) is 0 Å². The number of hydrogen-bond donors (Lipinski definition) is 1. The van der Waals surface area contributed by atoms with Crippen LogP contribution >= 0.6 is 11.8 Å². The van der Waals surface area contributed by atoms with Crippen LogP contribution in [0, 0.1) is 0 Å². The molecule has 80 valence electrons. The standard InChI is InChI=1S/C12H15NOS/c1-5-8-11(6-2)9-13-12(14)10(4)15-7-3/h5-8H,1-4,9H2,(H,13,14)/b11-8+. The molecule has 0 rings (SSSR count). The van der Waals surface area contributed by atoms with E-state index in [-0.39, 0.29) is 5.91 Å². The van der Waals surface area contributed by atoms with Gasteiger partial charge < -0.3 is 5.32 Å². The topological polar surface area (TPSA) is 29.1 Å². The molecule has 0 heterocycles. The van der Waals surface area contributed by atoms with Crippen molar-refractivity contribution in [1.29, 1.82) is 0 Å². The molecule has 0 aliphatic rings. The van der Waals surface area contributed by atoms with Gasteiger partial charge in [-0.15, -0.1) is 0 Å². The molecule has 0 bridgehead atoms. The largest absolute Gasteiger partial charge is 0.348 e. The maximum atomic E-state index is 11.4. The monoisotopic (exact) mass is 221 g/mol. The number of hydrogen-bond acceptors (Lipinski definition) is 2. The van der Waals surface area contributed by atoms with Gasteiger partial charge in [0.1, 0.15) is 0 Å². The minimum atomic E-state index is -0.197. The molecule has 0 aromatic heterocycles. The number of nitrogens with one attached hydrogen (secondary N) is 1. The molecule has 0 aliphatic carbocycles. The first kappa shape index (κ1) is 13.5. The van der Waals surface area contributed by atoms with E-state index in [1.54, 1.807) is 23.6 Å². The van der Waals surface area contributed by atoms with Crippen molar-refractivity contribution in [3.05, 3.63) is 60.4 Å². The summed E-state index contributed by atoms with van der Waals surface area (Å²) in [7, 11) is 0. The van der Waals surface area contributed by atoms with Crippen molar-refractivity contribution in [2.45, 2.75) is 0 Å². The van der Waals surface area contributed by atoms with E-state index in [0.29, 0.717) is 11.4 Å². The van der Waals surface area contributed by atoms with E-state index in [1.807, 2.05) is 0 Å². The molecule has 1 amide bonds. The Hall–Kier alpha value is -1.48. The van der Waals surface area contributed by atoms with E-state index in [2.05, 4.69) is 31.6 Å². The van der Waals surface area contributed by atoms with Gasteiger partial charge in [-0.05, 0) is 11.0 Å². The van der Waals surface area contributed by atoms with E-state index < -0.39 is 0 Å². The highest BCUT2D eigenvalue weighted by atomic mass is 32.2. The third-order valence-corrected chi connectivity index (χ3v) is 2.16. The SMILES string of the molecule is C=C/C=C(\C=C)CNC(=O)C(=C)SC=C. The molecule has 0 radical (unpaired) electrons. The lowest BCUT2D eigenvalue weighted by Crippen LogP contribution is -2.25. The maximum absolute atomic E-state index is 11.4. The van der Waals surface area contributed by atoms with Crippen LogP contribution in [-0.4, -0.2) is 12.5 Å². The molecular weight excluding hydrogens is 206 g/mol. The number of amides is 1. The zero-order chi connectivity index (χ0) is 11.7. The average molecular weight is 221 g/mol. The number of carbonyl (C=O) groups is 1. The fourth-order valence-corrected chi connectivity index (χ4v) is 1.17. The van der Waals surface area contributed by atoms with Crippen LogP contribution in [-0.2, 0) is 4.79 Å². The van der Waals surface area contributed by atoms with Gasteiger partial charge in [0.15, 0.2) is 0 Å². The third kappa shape index (κ3) is 5.75. The van der Waals surface area contributed by atoms with Gasteiger partial charge in [-0.1, -0.05) is 56.3 Å². The highest BCUT2D eigenvalue weighted by Gasteiger charge is 2.04. The smallest absolute Gasteiger partial charge is 0.257 e. The van der Waals surface area contributed by atoms with Gasteiger partial charge >= 0.3 is 0 Å². The fourth-order valence-electron chi connectivity index (χ4n) is 0.786. The maximum Gasteiger partial charge on any atom is 0.257 e. The minimum Gasteiger partial charge on any atom is -0.348 e. The molecule has 0 unspecified atom stereocenters. The molecule has 0 saturated carbocycles. The lowest BCUT2D eigenvalue weighted by molar-refractivity contribution is -0.116. The molecule has 15 heavy (non-hydrogen) atoms. The Morgan fingerprint density at radius 3 is 2.47 bits per heavy atom. The van der Waals surface area contributed by atoms with Crippen molar-refractivity contribution in [2.75, 3.05) is 6.54 Å². The van der Waals surface area contributed by atoms with Gasteiger partial charge in [-0.2, -0.15) is 0 Å². The van der Waals surface area contributed by atoms with Crippen LogP contribution in [0.15, 0.2) is 60.4 Å². The lowest BCUT2D eigenvalue weighted by atomic mass is 10.2. The van der Waals surface area contributed by atoms with Crippen LogP contribution < -0.4 is 5.32 Å². The second-order valence-electron chi connectivity index (χ2n) is 2.57. The number of allylic oxidation sites excluding steroid dienone is 2. The molecule has 0 atom stereocenters. The fraction of sp³-hybridized carbons (Fsp3) is 0.0833. The molecule has 0 aromatic rings. The molecule has 0 aliphatic heterocycles. The first-order valence-electron chi connectivity index (χ1n) is 4.34. The Morgan fingerprint density at radius 1 is 1.33 bits per heavy atom. The first-order valence-corrected chi connectivity index (χ1v) is 5.22. The van der Waals surface area contributed by atoms with E-state index in [9.17, 15) is 4.79 Å². The van der Waals surface area contributed by atoms with Crippen LogP contribution in [0.25, 0.3) is 0 Å². The number of rotatable bonds is 7. The summed E-state index contributed by atoms with van der Waals surface area (Å²) in [4.78, 5) is 11.8. The van der Waals surface area contributed by atoms with E-state index in [1.165, 1.54) is 11.8 Å². The van der Waals surface area contributed by atoms with Crippen molar-refractivity contribution in [2.24, 2.45) is 0 Å². The summed E-state index contributed by atoms with van der Waals surface area (Å²) in [5.74, 6) is -0.197. The van der Waals surface area contributed by atoms with Crippen LogP contribution in [0.4, 0.5) is 0 Å². The quantitative estimate of drug-likeness (QED) is 0.529. The van der Waals surface area contributed by atoms with Gasteiger partial charge in [0.05, 0.1) is 4.91 Å². The molecule has 0 spiro atoms. The average Bonchev–Trinajstić information content (AvgIpc) is 2.24. The normalized spacial score (nSPS) is 10.3. The molecular formula is C12H15NOS.